The number of nitrogens with two attached hydrogens (primary N) is 1. The van der Waals surface area contributed by atoms with Crippen molar-refractivity contribution in [3.05, 3.63) is 28.8 Å². The van der Waals surface area contributed by atoms with E-state index in [-0.39, 0.29) is 0 Å². The van der Waals surface area contributed by atoms with E-state index in [1.807, 2.05) is 13.0 Å². The van der Waals surface area contributed by atoms with Gasteiger partial charge in [0.1, 0.15) is 5.75 Å². The van der Waals surface area contributed by atoms with Crippen molar-refractivity contribution < 1.29 is 5.11 Å². The highest BCUT2D eigenvalue weighted by atomic mass is 16.3. The van der Waals surface area contributed by atoms with Gasteiger partial charge in [0.25, 0.3) is 0 Å². The minimum atomic E-state index is 0.309. The Morgan fingerprint density at radius 2 is 2.00 bits per heavy atom. The lowest BCUT2D eigenvalue weighted by atomic mass is 9.93. The Labute approximate surface area is 103 Å². The van der Waals surface area contributed by atoms with E-state index in [2.05, 4.69) is 24.9 Å². The zero-order valence-corrected chi connectivity index (χ0v) is 10.9. The Hall–Kier alpha value is -1.06. The zero-order valence-electron chi connectivity index (χ0n) is 10.9. The number of benzene rings is 1. The number of hydrogen-bond donors (Lipinski definition) is 2. The maximum atomic E-state index is 10.3. The molecule has 94 valence electrons. The largest absolute Gasteiger partial charge is 0.507 e. The van der Waals surface area contributed by atoms with E-state index in [1.165, 1.54) is 5.56 Å². The minimum Gasteiger partial charge on any atom is -0.507 e. The second-order valence-electron chi connectivity index (χ2n) is 5.25. The standard InChI is InChI=1S/C14H22N2O/c1-9-4-5-10(2)14(17)13(9)12-6-11(7-15)8-16(12)3/h4-5,11-12,17H,6-8,15H2,1-3H3. The fourth-order valence-corrected chi connectivity index (χ4v) is 2.85. The molecular formula is C14H22N2O. The molecule has 2 rings (SSSR count). The molecule has 1 heterocycles. The molecule has 17 heavy (non-hydrogen) atoms. The molecule has 0 radical (unpaired) electrons. The van der Waals surface area contributed by atoms with Crippen molar-refractivity contribution in [2.75, 3.05) is 20.1 Å². The van der Waals surface area contributed by atoms with Crippen molar-refractivity contribution in [2.45, 2.75) is 26.3 Å². The Balaban J connectivity index is 2.37. The third-order valence-corrected chi connectivity index (χ3v) is 3.94. The Morgan fingerprint density at radius 3 is 2.59 bits per heavy atom. The summed E-state index contributed by atoms with van der Waals surface area (Å²) in [6, 6.07) is 4.38. The van der Waals surface area contributed by atoms with Gasteiger partial charge >= 0.3 is 0 Å². The first-order chi connectivity index (χ1) is 8.04. The highest BCUT2D eigenvalue weighted by molar-refractivity contribution is 5.46. The van der Waals surface area contributed by atoms with Crippen LogP contribution in [0.25, 0.3) is 0 Å². The van der Waals surface area contributed by atoms with Gasteiger partial charge in [0.15, 0.2) is 0 Å². The maximum absolute atomic E-state index is 10.3. The molecule has 1 aromatic carbocycles. The van der Waals surface area contributed by atoms with Gasteiger partial charge in [-0.15, -0.1) is 0 Å². The van der Waals surface area contributed by atoms with E-state index >= 15 is 0 Å². The molecule has 1 aliphatic rings. The summed E-state index contributed by atoms with van der Waals surface area (Å²) in [5.41, 5.74) is 8.96. The van der Waals surface area contributed by atoms with Crippen LogP contribution in [0.5, 0.6) is 5.75 Å². The van der Waals surface area contributed by atoms with Crippen LogP contribution in [-0.2, 0) is 0 Å². The van der Waals surface area contributed by atoms with Crippen molar-refractivity contribution in [1.82, 2.24) is 4.90 Å². The molecule has 1 fully saturated rings. The average molecular weight is 234 g/mol. The van der Waals surface area contributed by atoms with E-state index < -0.39 is 0 Å². The molecule has 3 nitrogen and oxygen atoms in total. The van der Waals surface area contributed by atoms with Gasteiger partial charge in [-0.3, -0.25) is 4.90 Å². The van der Waals surface area contributed by atoms with E-state index in [9.17, 15) is 5.11 Å². The lowest BCUT2D eigenvalue weighted by molar-refractivity contribution is 0.304. The second kappa shape index (κ2) is 4.67. The van der Waals surface area contributed by atoms with E-state index in [0.29, 0.717) is 17.7 Å². The quantitative estimate of drug-likeness (QED) is 0.822. The van der Waals surface area contributed by atoms with Crippen LogP contribution in [0.3, 0.4) is 0 Å². The second-order valence-corrected chi connectivity index (χ2v) is 5.25. The Kier molecular flexibility index (Phi) is 3.40. The van der Waals surface area contributed by atoms with Crippen LogP contribution in [-0.4, -0.2) is 30.1 Å². The van der Waals surface area contributed by atoms with Crippen LogP contribution in [0.4, 0.5) is 0 Å². The summed E-state index contributed by atoms with van der Waals surface area (Å²) in [5.74, 6) is 1.00. The van der Waals surface area contributed by atoms with Crippen LogP contribution in [0.1, 0.15) is 29.2 Å². The van der Waals surface area contributed by atoms with E-state index in [1.54, 1.807) is 0 Å². The van der Waals surface area contributed by atoms with Crippen molar-refractivity contribution in [3.8, 4) is 5.75 Å². The lowest BCUT2D eigenvalue weighted by Crippen LogP contribution is -2.21. The summed E-state index contributed by atoms with van der Waals surface area (Å²) in [6.45, 7) is 5.77. The molecule has 0 aromatic heterocycles. The van der Waals surface area contributed by atoms with Crippen molar-refractivity contribution in [1.29, 1.82) is 0 Å². The van der Waals surface area contributed by atoms with Gasteiger partial charge in [0.05, 0.1) is 0 Å². The van der Waals surface area contributed by atoms with Crippen LogP contribution in [0.2, 0.25) is 0 Å². The molecule has 1 aromatic rings. The van der Waals surface area contributed by atoms with Gasteiger partial charge in [-0.1, -0.05) is 12.1 Å². The SMILES string of the molecule is Cc1ccc(C)c(C2CC(CN)CN2C)c1O. The number of likely N-dealkylation sites (tertiary alicyclic amines) is 1. The Bertz CT molecular complexity index is 417. The molecular weight excluding hydrogens is 212 g/mol. The number of phenols is 1. The molecule has 3 heteroatoms. The third-order valence-electron chi connectivity index (χ3n) is 3.94. The number of hydrogen-bond acceptors (Lipinski definition) is 3. The first-order valence-electron chi connectivity index (χ1n) is 6.24. The number of aryl methyl sites for hydroxylation is 2. The summed E-state index contributed by atoms with van der Waals surface area (Å²) < 4.78 is 0. The van der Waals surface area contributed by atoms with Crippen molar-refractivity contribution >= 4 is 0 Å². The van der Waals surface area contributed by atoms with Gasteiger partial charge in [0, 0.05) is 18.2 Å². The smallest absolute Gasteiger partial charge is 0.123 e. The normalized spacial score (nSPS) is 25.4. The van der Waals surface area contributed by atoms with Crippen LogP contribution >= 0.6 is 0 Å². The molecule has 0 saturated carbocycles. The van der Waals surface area contributed by atoms with Crippen LogP contribution < -0.4 is 5.73 Å². The average Bonchev–Trinajstić information content (AvgIpc) is 2.66. The minimum absolute atomic E-state index is 0.309. The van der Waals surface area contributed by atoms with Crippen LogP contribution in [0.15, 0.2) is 12.1 Å². The van der Waals surface area contributed by atoms with Gasteiger partial charge in [-0.05, 0) is 50.9 Å². The maximum Gasteiger partial charge on any atom is 0.123 e. The zero-order chi connectivity index (χ0) is 12.6. The predicted molar refractivity (Wildman–Crippen MR) is 70.1 cm³/mol. The monoisotopic (exact) mass is 234 g/mol. The first-order valence-corrected chi connectivity index (χ1v) is 6.24. The van der Waals surface area contributed by atoms with Gasteiger partial charge in [-0.2, -0.15) is 0 Å². The molecule has 0 aliphatic carbocycles. The first kappa shape index (κ1) is 12.4. The summed E-state index contributed by atoms with van der Waals surface area (Å²) in [5, 5.41) is 10.3. The fraction of sp³-hybridized carbons (Fsp3) is 0.571. The van der Waals surface area contributed by atoms with Gasteiger partial charge in [0.2, 0.25) is 0 Å². The summed E-state index contributed by atoms with van der Waals surface area (Å²) in [4.78, 5) is 2.30. The van der Waals surface area contributed by atoms with Crippen molar-refractivity contribution in [2.24, 2.45) is 11.7 Å². The lowest BCUT2D eigenvalue weighted by Gasteiger charge is -2.23. The van der Waals surface area contributed by atoms with Crippen LogP contribution in [0, 0.1) is 19.8 Å². The third kappa shape index (κ3) is 2.17. The van der Waals surface area contributed by atoms with Crippen molar-refractivity contribution in [3.63, 3.8) is 0 Å². The topological polar surface area (TPSA) is 49.5 Å². The summed E-state index contributed by atoms with van der Waals surface area (Å²) in [7, 11) is 2.11. The molecule has 0 amide bonds. The molecule has 3 N–H and O–H groups in total. The van der Waals surface area contributed by atoms with Gasteiger partial charge in [-0.25, -0.2) is 0 Å². The highest BCUT2D eigenvalue weighted by Gasteiger charge is 2.32. The Morgan fingerprint density at radius 1 is 1.35 bits per heavy atom. The molecule has 0 bridgehead atoms. The summed E-state index contributed by atoms with van der Waals surface area (Å²) in [6.07, 6.45) is 1.05. The fourth-order valence-electron chi connectivity index (χ4n) is 2.85. The van der Waals surface area contributed by atoms with E-state index in [0.717, 1.165) is 30.6 Å². The number of phenolic OH excluding ortho intramolecular Hbond substituents is 1. The number of aromatic hydroxyl groups is 1. The predicted octanol–water partition coefficient (Wildman–Crippen LogP) is 1.96. The molecule has 2 unspecified atom stereocenters. The molecule has 1 aliphatic heterocycles. The van der Waals surface area contributed by atoms with Gasteiger partial charge < -0.3 is 10.8 Å². The molecule has 2 atom stereocenters. The number of nitrogens with zero attached hydrogens (tertiary/aromatic N) is 1. The van der Waals surface area contributed by atoms with E-state index in [4.69, 9.17) is 5.73 Å². The highest BCUT2D eigenvalue weighted by Crippen LogP contribution is 2.40. The number of rotatable bonds is 2. The molecule has 1 saturated heterocycles. The molecule has 0 spiro atoms. The summed E-state index contributed by atoms with van der Waals surface area (Å²) >= 11 is 0.